The number of hydrogen-bond donors (Lipinski definition) is 3. The van der Waals surface area contributed by atoms with Gasteiger partial charge in [0.1, 0.15) is 46.9 Å². The Kier molecular flexibility index (Phi) is 9.97. The Hall–Kier alpha value is -2.63. The number of aliphatic hydroxyl groups is 3. The Labute approximate surface area is 278 Å². The van der Waals surface area contributed by atoms with E-state index in [4.69, 9.17) is 14.0 Å². The van der Waals surface area contributed by atoms with Crippen LogP contribution in [0.4, 0.5) is 22.0 Å². The molecule has 2 aliphatic carbocycles. The zero-order valence-corrected chi connectivity index (χ0v) is 27.5. The first-order valence-electron chi connectivity index (χ1n) is 16.0. The Bertz CT molecular complexity index is 1570. The Morgan fingerprint density at radius 3 is 2.35 bits per heavy atom. The zero-order chi connectivity index (χ0) is 34.5. The third kappa shape index (κ3) is 6.88. The van der Waals surface area contributed by atoms with Gasteiger partial charge in [0.15, 0.2) is 17.5 Å². The molecular formula is C32H39F5N4O6S. The molecule has 0 unspecified atom stereocenters. The van der Waals surface area contributed by atoms with Crippen LogP contribution in [0.15, 0.2) is 22.9 Å². The van der Waals surface area contributed by atoms with E-state index < -0.39 is 83.5 Å². The van der Waals surface area contributed by atoms with Crippen molar-refractivity contribution in [2.24, 2.45) is 5.92 Å². The molecule has 1 aromatic carbocycles. The van der Waals surface area contributed by atoms with E-state index in [0.29, 0.717) is 12.1 Å². The summed E-state index contributed by atoms with van der Waals surface area (Å²) in [5, 5.41) is 45.3. The summed E-state index contributed by atoms with van der Waals surface area (Å²) < 4.78 is 89.5. The first-order valence-corrected chi connectivity index (χ1v) is 17.0. The minimum Gasteiger partial charge on any atom is -0.394 e. The largest absolute Gasteiger partial charge is 0.394 e. The third-order valence-corrected chi connectivity index (χ3v) is 11.0. The van der Waals surface area contributed by atoms with Gasteiger partial charge in [0.2, 0.25) is 5.92 Å². The van der Waals surface area contributed by atoms with E-state index in [1.807, 2.05) is 13.8 Å². The number of alkyl halides is 2. The zero-order valence-electron chi connectivity index (χ0n) is 26.7. The molecule has 0 bridgehead atoms. The van der Waals surface area contributed by atoms with Gasteiger partial charge in [0, 0.05) is 37.0 Å². The van der Waals surface area contributed by atoms with Crippen LogP contribution in [-0.2, 0) is 15.9 Å². The van der Waals surface area contributed by atoms with E-state index in [-0.39, 0.29) is 35.9 Å². The van der Waals surface area contributed by atoms with Crippen LogP contribution in [0.5, 0.6) is 0 Å². The minimum atomic E-state index is -2.93. The fourth-order valence-electron chi connectivity index (χ4n) is 6.69. The van der Waals surface area contributed by atoms with Crippen LogP contribution < -0.4 is 0 Å². The summed E-state index contributed by atoms with van der Waals surface area (Å²) in [6.07, 6.45) is -1.41. The average molecular weight is 703 g/mol. The lowest BCUT2D eigenvalue weighted by molar-refractivity contribution is -0.186. The number of aliphatic hydroxyl groups excluding tert-OH is 2. The molecule has 3 heterocycles. The van der Waals surface area contributed by atoms with Crippen molar-refractivity contribution in [2.75, 3.05) is 13.7 Å². The fourth-order valence-corrected chi connectivity index (χ4v) is 8.40. The summed E-state index contributed by atoms with van der Waals surface area (Å²) in [6, 6.07) is 0.435. The van der Waals surface area contributed by atoms with Crippen LogP contribution in [-0.4, -0.2) is 84.5 Å². The van der Waals surface area contributed by atoms with Crippen LogP contribution in [0.25, 0.3) is 11.3 Å². The molecule has 48 heavy (non-hydrogen) atoms. The van der Waals surface area contributed by atoms with Gasteiger partial charge >= 0.3 is 0 Å². The predicted molar refractivity (Wildman–Crippen MR) is 163 cm³/mol. The maximum absolute atomic E-state index is 14.4. The number of nitrogens with zero attached hydrogens (tertiary/aromatic N) is 4. The van der Waals surface area contributed by atoms with E-state index in [0.717, 1.165) is 48.1 Å². The normalized spacial score (nSPS) is 27.8. The minimum absolute atomic E-state index is 0.0325. The topological polar surface area (TPSA) is 136 Å². The first-order chi connectivity index (χ1) is 22.7. The van der Waals surface area contributed by atoms with Crippen molar-refractivity contribution in [3.05, 3.63) is 52.8 Å². The number of hydrogen-bond acceptors (Lipinski definition) is 10. The molecule has 0 spiro atoms. The van der Waals surface area contributed by atoms with E-state index in [1.54, 1.807) is 0 Å². The molecule has 1 aliphatic heterocycles. The molecule has 6 rings (SSSR count). The average Bonchev–Trinajstić information content (AvgIpc) is 3.63. The standard InChI is InChI=1S/C32H39F5N4O6S/c1-15(2)10-18-24(39-47-27(18)16-4-5-16)29(31(44)6-8-32(36,37)9-7-31)48-30-28(45-3)25(26(43)22(14-42)46-30)41-13-21(38-40-41)17-11-19(33)23(35)20(34)12-17/h11-13,15-16,22,25-26,28-30,42-44H,4-10,14H2,1-3H3/t22-,25+,26+,28-,29-,30+/m1/s1. The summed E-state index contributed by atoms with van der Waals surface area (Å²) in [6.45, 7) is 3.45. The quantitative estimate of drug-likeness (QED) is 0.174. The van der Waals surface area contributed by atoms with Crippen LogP contribution in [0.2, 0.25) is 0 Å². The van der Waals surface area contributed by atoms with Crippen molar-refractivity contribution >= 4 is 11.8 Å². The lowest BCUT2D eigenvalue weighted by atomic mass is 9.78. The highest BCUT2D eigenvalue weighted by atomic mass is 32.2. The van der Waals surface area contributed by atoms with Gasteiger partial charge in [0.25, 0.3) is 0 Å². The summed E-state index contributed by atoms with van der Waals surface area (Å²) >= 11 is 1.08. The van der Waals surface area contributed by atoms with Crippen LogP contribution in [0, 0.1) is 23.4 Å². The highest BCUT2D eigenvalue weighted by molar-refractivity contribution is 8.00. The molecule has 1 saturated heterocycles. The van der Waals surface area contributed by atoms with Crippen LogP contribution in [0.3, 0.4) is 0 Å². The Morgan fingerprint density at radius 1 is 1.10 bits per heavy atom. The molecule has 16 heteroatoms. The summed E-state index contributed by atoms with van der Waals surface area (Å²) in [4.78, 5) is 0. The van der Waals surface area contributed by atoms with Crippen molar-refractivity contribution in [1.29, 1.82) is 0 Å². The van der Waals surface area contributed by atoms with Crippen molar-refractivity contribution in [1.82, 2.24) is 20.2 Å². The molecule has 2 aromatic heterocycles. The van der Waals surface area contributed by atoms with E-state index in [9.17, 15) is 37.3 Å². The lowest BCUT2D eigenvalue weighted by Gasteiger charge is -2.46. The van der Waals surface area contributed by atoms with Gasteiger partial charge < -0.3 is 29.3 Å². The molecular weight excluding hydrogens is 663 g/mol. The van der Waals surface area contributed by atoms with Crippen LogP contribution in [0.1, 0.15) is 86.6 Å². The molecule has 264 valence electrons. The van der Waals surface area contributed by atoms with Crippen molar-refractivity contribution in [2.45, 2.75) is 111 Å². The SMILES string of the molecule is CO[C@@H]1[C@@H](n2cc(-c3cc(F)c(F)c(F)c3)nn2)[C@@H](O)[C@@H](CO)O[C@H]1S[C@H](c1noc(C2CC2)c1CC(C)C)C1(O)CCC(F)(F)CC1. The van der Waals surface area contributed by atoms with E-state index >= 15 is 0 Å². The first kappa shape index (κ1) is 35.2. The monoisotopic (exact) mass is 702 g/mol. The smallest absolute Gasteiger partial charge is 0.248 e. The van der Waals surface area contributed by atoms with Gasteiger partial charge in [-0.3, -0.25) is 0 Å². The molecule has 3 fully saturated rings. The van der Waals surface area contributed by atoms with E-state index in [2.05, 4.69) is 15.5 Å². The summed E-state index contributed by atoms with van der Waals surface area (Å²) in [7, 11) is 1.36. The van der Waals surface area contributed by atoms with Gasteiger partial charge in [0.05, 0.1) is 23.7 Å². The second-order valence-corrected chi connectivity index (χ2v) is 14.7. The number of thioether (sulfide) groups is 1. The second-order valence-electron chi connectivity index (χ2n) is 13.5. The highest BCUT2D eigenvalue weighted by Crippen LogP contribution is 2.55. The number of methoxy groups -OCH3 is 1. The fraction of sp³-hybridized carbons (Fsp3) is 0.656. The second kappa shape index (κ2) is 13.6. The van der Waals surface area contributed by atoms with Gasteiger partial charge in [-0.2, -0.15) is 0 Å². The molecule has 2 saturated carbocycles. The van der Waals surface area contributed by atoms with Crippen molar-refractivity contribution in [3.63, 3.8) is 0 Å². The van der Waals surface area contributed by atoms with E-state index in [1.165, 1.54) is 18.0 Å². The lowest BCUT2D eigenvalue weighted by Crippen LogP contribution is -2.56. The number of rotatable bonds is 11. The molecule has 3 aromatic rings. The highest BCUT2D eigenvalue weighted by Gasteiger charge is 2.54. The van der Waals surface area contributed by atoms with Gasteiger partial charge in [-0.25, -0.2) is 26.6 Å². The number of aromatic nitrogens is 4. The molecule has 6 atom stereocenters. The van der Waals surface area contributed by atoms with Gasteiger partial charge in [-0.15, -0.1) is 16.9 Å². The molecule has 3 aliphatic rings. The summed E-state index contributed by atoms with van der Waals surface area (Å²) in [5.41, 5.74) is -1.55. The Balaban J connectivity index is 1.38. The summed E-state index contributed by atoms with van der Waals surface area (Å²) in [5.74, 6) is -6.30. The van der Waals surface area contributed by atoms with Gasteiger partial charge in [-0.05, 0) is 50.2 Å². The number of benzene rings is 1. The number of halogens is 5. The maximum atomic E-state index is 14.4. The molecule has 3 N–H and O–H groups in total. The van der Waals surface area contributed by atoms with Crippen molar-refractivity contribution in [3.8, 4) is 11.3 Å². The van der Waals surface area contributed by atoms with Gasteiger partial charge in [-0.1, -0.05) is 24.2 Å². The predicted octanol–water partition coefficient (Wildman–Crippen LogP) is 5.48. The third-order valence-electron chi connectivity index (χ3n) is 9.46. The molecule has 0 amide bonds. The Morgan fingerprint density at radius 2 is 1.77 bits per heavy atom. The molecule has 0 radical (unpaired) electrons. The molecule has 10 nitrogen and oxygen atoms in total. The van der Waals surface area contributed by atoms with Crippen LogP contribution >= 0.6 is 11.8 Å². The van der Waals surface area contributed by atoms with Crippen molar-refractivity contribution < 1.29 is 51.3 Å². The maximum Gasteiger partial charge on any atom is 0.248 e. The number of ether oxygens (including phenoxy) is 2.